The fraction of sp³-hybridized carbons (Fsp3) is 0.250. The lowest BCUT2D eigenvalue weighted by molar-refractivity contribution is -0.137. The number of aromatic carboxylic acids is 1. The smallest absolute Gasteiger partial charge is 0.416 e. The maximum Gasteiger partial charge on any atom is 0.416 e. The molecule has 1 aromatic heterocycles. The topological polar surface area (TPSA) is 67.8 Å². The molecule has 1 unspecified atom stereocenters. The van der Waals surface area contributed by atoms with Crippen molar-refractivity contribution in [1.29, 1.82) is 0 Å². The second kappa shape index (κ2) is 10.8. The van der Waals surface area contributed by atoms with Crippen molar-refractivity contribution < 1.29 is 32.5 Å². The number of halogens is 3. The summed E-state index contributed by atoms with van der Waals surface area (Å²) in [6, 6.07) is 16.4. The fourth-order valence-electron chi connectivity index (χ4n) is 4.09. The van der Waals surface area contributed by atoms with Gasteiger partial charge in [-0.2, -0.15) is 13.2 Å². The van der Waals surface area contributed by atoms with Crippen LogP contribution < -0.4 is 14.8 Å². The van der Waals surface area contributed by atoms with E-state index in [-0.39, 0.29) is 23.3 Å². The molecular weight excluding hydrogens is 503 g/mol. The van der Waals surface area contributed by atoms with Crippen LogP contribution in [-0.2, 0) is 6.18 Å². The minimum atomic E-state index is -4.55. The normalized spacial score (nSPS) is 12.5. The zero-order chi connectivity index (χ0) is 26.7. The Morgan fingerprint density at radius 1 is 1.05 bits per heavy atom. The molecule has 3 aromatic carbocycles. The first-order chi connectivity index (χ1) is 17.6. The third kappa shape index (κ3) is 6.06. The zero-order valence-electron chi connectivity index (χ0n) is 20.5. The van der Waals surface area contributed by atoms with E-state index in [0.29, 0.717) is 27.9 Å². The molecule has 194 valence electrons. The summed E-state index contributed by atoms with van der Waals surface area (Å²) in [5, 5.41) is 13.5. The lowest BCUT2D eigenvalue weighted by atomic mass is 10.0. The Labute approximate surface area is 216 Å². The Morgan fingerprint density at radius 3 is 2.54 bits per heavy atom. The third-order valence-corrected chi connectivity index (χ3v) is 7.36. The molecular formula is C28H26F3NO4S. The Balaban J connectivity index is 1.53. The van der Waals surface area contributed by atoms with E-state index in [2.05, 4.69) is 5.32 Å². The van der Waals surface area contributed by atoms with Gasteiger partial charge in [0.15, 0.2) is 0 Å². The minimum Gasteiger partial charge on any atom is -0.497 e. The second-order valence-corrected chi connectivity index (χ2v) is 9.67. The summed E-state index contributed by atoms with van der Waals surface area (Å²) in [6.45, 7) is 4.29. The summed E-state index contributed by atoms with van der Waals surface area (Å²) in [7, 11) is 1.60. The van der Waals surface area contributed by atoms with Crippen LogP contribution in [0.4, 0.5) is 13.2 Å². The average Bonchev–Trinajstić information content (AvgIpc) is 3.21. The highest BCUT2D eigenvalue weighted by Gasteiger charge is 2.31. The van der Waals surface area contributed by atoms with Crippen LogP contribution in [0, 0.1) is 6.92 Å². The van der Waals surface area contributed by atoms with Crippen LogP contribution in [0.3, 0.4) is 0 Å². The summed E-state index contributed by atoms with van der Waals surface area (Å²) >= 11 is 1.11. The molecule has 0 aliphatic carbocycles. The van der Waals surface area contributed by atoms with Crippen LogP contribution in [-0.4, -0.2) is 31.3 Å². The molecule has 4 rings (SSSR count). The quantitative estimate of drug-likeness (QED) is 0.222. The molecule has 0 aliphatic heterocycles. The number of benzene rings is 3. The molecule has 0 fully saturated rings. The number of carboxylic acid groups (broad SMARTS) is 1. The van der Waals surface area contributed by atoms with Gasteiger partial charge in [0.05, 0.1) is 12.7 Å². The lowest BCUT2D eigenvalue weighted by Gasteiger charge is -2.17. The molecule has 9 heteroatoms. The SMILES string of the molecule is COc1cccc(C(C)NCCOc2cc(-c3ccc4c(C)c(C(=O)O)sc4c3)cc(C(F)(F)F)c2)c1. The number of thiophene rings is 1. The van der Waals surface area contributed by atoms with E-state index in [1.807, 2.05) is 31.2 Å². The number of methoxy groups -OCH3 is 1. The predicted molar refractivity (Wildman–Crippen MR) is 139 cm³/mol. The van der Waals surface area contributed by atoms with Crippen molar-refractivity contribution >= 4 is 27.4 Å². The van der Waals surface area contributed by atoms with Crippen LogP contribution in [0.2, 0.25) is 0 Å². The molecule has 0 saturated heterocycles. The first-order valence-electron chi connectivity index (χ1n) is 11.6. The van der Waals surface area contributed by atoms with Crippen molar-refractivity contribution in [3.05, 3.63) is 82.2 Å². The van der Waals surface area contributed by atoms with Gasteiger partial charge in [-0.1, -0.05) is 24.3 Å². The number of hydrogen-bond donors (Lipinski definition) is 2. The molecule has 2 N–H and O–H groups in total. The van der Waals surface area contributed by atoms with Crippen LogP contribution in [0.1, 0.15) is 39.3 Å². The highest BCUT2D eigenvalue weighted by Crippen LogP contribution is 2.38. The van der Waals surface area contributed by atoms with Crippen molar-refractivity contribution in [2.45, 2.75) is 26.1 Å². The fourth-order valence-corrected chi connectivity index (χ4v) is 5.18. The standard InChI is InChI=1S/C28H26F3NO4S/c1-16-24-8-7-19(14-25(24)37-26(16)27(33)34)20-11-21(28(29,30)31)15-23(13-20)36-10-9-32-17(2)18-5-4-6-22(12-18)35-3/h4-8,11-15,17,32H,9-10H2,1-3H3,(H,33,34). The van der Waals surface area contributed by atoms with Crippen molar-refractivity contribution in [1.82, 2.24) is 5.32 Å². The number of nitrogens with one attached hydrogen (secondary N) is 1. The molecule has 1 atom stereocenters. The van der Waals surface area contributed by atoms with Gasteiger partial charge in [0, 0.05) is 17.3 Å². The van der Waals surface area contributed by atoms with Gasteiger partial charge < -0.3 is 19.9 Å². The van der Waals surface area contributed by atoms with Crippen LogP contribution in [0.15, 0.2) is 60.7 Å². The number of alkyl halides is 3. The summed E-state index contributed by atoms with van der Waals surface area (Å²) in [4.78, 5) is 11.7. The van der Waals surface area contributed by atoms with Gasteiger partial charge in [0.2, 0.25) is 0 Å². The molecule has 0 radical (unpaired) electrons. The maximum absolute atomic E-state index is 13.7. The number of aryl methyl sites for hydroxylation is 1. The highest BCUT2D eigenvalue weighted by molar-refractivity contribution is 7.21. The average molecular weight is 530 g/mol. The van der Waals surface area contributed by atoms with Crippen LogP contribution in [0.5, 0.6) is 11.5 Å². The number of rotatable bonds is 9. The van der Waals surface area contributed by atoms with Gasteiger partial charge in [-0.15, -0.1) is 11.3 Å². The monoisotopic (exact) mass is 529 g/mol. The third-order valence-electron chi connectivity index (χ3n) is 6.11. The summed E-state index contributed by atoms with van der Waals surface area (Å²) < 4.78 is 52.7. The van der Waals surface area contributed by atoms with Crippen molar-refractivity contribution in [3.8, 4) is 22.6 Å². The molecule has 37 heavy (non-hydrogen) atoms. The van der Waals surface area contributed by atoms with Gasteiger partial charge in [-0.3, -0.25) is 0 Å². The molecule has 4 aromatic rings. The molecule has 0 bridgehead atoms. The first-order valence-corrected chi connectivity index (χ1v) is 12.4. The second-order valence-electron chi connectivity index (χ2n) is 8.62. The molecule has 5 nitrogen and oxygen atoms in total. The van der Waals surface area contributed by atoms with E-state index in [1.165, 1.54) is 0 Å². The van der Waals surface area contributed by atoms with Crippen molar-refractivity contribution in [3.63, 3.8) is 0 Å². The Kier molecular flexibility index (Phi) is 7.75. The van der Waals surface area contributed by atoms with Gasteiger partial charge in [-0.25, -0.2) is 4.79 Å². The molecule has 0 aliphatic rings. The van der Waals surface area contributed by atoms with E-state index >= 15 is 0 Å². The Hall–Kier alpha value is -3.56. The minimum absolute atomic E-state index is 0.00700. The van der Waals surface area contributed by atoms with E-state index < -0.39 is 17.7 Å². The van der Waals surface area contributed by atoms with Crippen LogP contribution in [0.25, 0.3) is 21.2 Å². The van der Waals surface area contributed by atoms with E-state index in [1.54, 1.807) is 38.3 Å². The number of ether oxygens (including phenoxy) is 2. The summed E-state index contributed by atoms with van der Waals surface area (Å²) in [5.74, 6) is -0.173. The highest BCUT2D eigenvalue weighted by atomic mass is 32.1. The van der Waals surface area contributed by atoms with Gasteiger partial charge in [0.25, 0.3) is 0 Å². The Morgan fingerprint density at radius 2 is 1.84 bits per heavy atom. The van der Waals surface area contributed by atoms with Gasteiger partial charge in [-0.05, 0) is 77.9 Å². The van der Waals surface area contributed by atoms with E-state index in [0.717, 1.165) is 40.2 Å². The van der Waals surface area contributed by atoms with Gasteiger partial charge in [0.1, 0.15) is 23.0 Å². The summed E-state index contributed by atoms with van der Waals surface area (Å²) in [5.41, 5.74) is 1.74. The van der Waals surface area contributed by atoms with Gasteiger partial charge >= 0.3 is 12.1 Å². The van der Waals surface area contributed by atoms with Crippen LogP contribution >= 0.6 is 11.3 Å². The van der Waals surface area contributed by atoms with E-state index in [9.17, 15) is 23.1 Å². The number of fused-ring (bicyclic) bond motifs is 1. The first kappa shape index (κ1) is 26.5. The molecule has 0 saturated carbocycles. The number of carbonyl (C=O) groups is 1. The van der Waals surface area contributed by atoms with E-state index in [4.69, 9.17) is 9.47 Å². The molecule has 1 heterocycles. The van der Waals surface area contributed by atoms with Crippen molar-refractivity contribution in [2.24, 2.45) is 0 Å². The molecule has 0 spiro atoms. The molecule has 0 amide bonds. The maximum atomic E-state index is 13.7. The number of carboxylic acids is 1. The zero-order valence-corrected chi connectivity index (χ0v) is 21.3. The largest absolute Gasteiger partial charge is 0.497 e. The predicted octanol–water partition coefficient (Wildman–Crippen LogP) is 7.33. The number of hydrogen-bond acceptors (Lipinski definition) is 5. The Bertz CT molecular complexity index is 1430. The van der Waals surface area contributed by atoms with Crippen molar-refractivity contribution in [2.75, 3.05) is 20.3 Å². The lowest BCUT2D eigenvalue weighted by Crippen LogP contribution is -2.24. The summed E-state index contributed by atoms with van der Waals surface area (Å²) in [6.07, 6.45) is -4.55.